The van der Waals surface area contributed by atoms with Crippen LogP contribution in [0, 0.1) is 0 Å². The quantitative estimate of drug-likeness (QED) is 0.844. The summed E-state index contributed by atoms with van der Waals surface area (Å²) >= 11 is 0.889. The molecule has 5 nitrogen and oxygen atoms in total. The van der Waals surface area contributed by atoms with Crippen LogP contribution < -0.4 is 5.73 Å². The van der Waals surface area contributed by atoms with Crippen molar-refractivity contribution in [2.75, 3.05) is 11.5 Å². The Bertz CT molecular complexity index is 579. The predicted octanol–water partition coefficient (Wildman–Crippen LogP) is 0.974. The second-order valence-corrected chi connectivity index (χ2v) is 6.65. The van der Waals surface area contributed by atoms with Gasteiger partial charge >= 0.3 is 0 Å². The molecule has 1 amide bonds. The molecule has 0 heterocycles. The van der Waals surface area contributed by atoms with E-state index in [9.17, 15) is 18.0 Å². The summed E-state index contributed by atoms with van der Waals surface area (Å²) in [5, 5.41) is 1.22. The highest BCUT2D eigenvalue weighted by Crippen LogP contribution is 2.13. The van der Waals surface area contributed by atoms with Gasteiger partial charge in [-0.3, -0.25) is 9.59 Å². The molecule has 1 aromatic carbocycles. The average molecular weight is 299 g/mol. The summed E-state index contributed by atoms with van der Waals surface area (Å²) in [5.41, 5.74) is 5.34. The van der Waals surface area contributed by atoms with Crippen molar-refractivity contribution in [1.82, 2.24) is 0 Å². The summed E-state index contributed by atoms with van der Waals surface area (Å²) in [6.45, 7) is 0. The van der Waals surface area contributed by atoms with Gasteiger partial charge in [-0.15, -0.1) is 0 Å². The van der Waals surface area contributed by atoms with E-state index in [2.05, 4.69) is 0 Å². The first-order valence-electron chi connectivity index (χ1n) is 5.30. The predicted molar refractivity (Wildman–Crippen MR) is 75.4 cm³/mol. The van der Waals surface area contributed by atoms with Gasteiger partial charge in [0.15, 0.2) is 9.84 Å². The molecule has 7 heteroatoms. The van der Waals surface area contributed by atoms with Crippen LogP contribution in [0.25, 0.3) is 0 Å². The van der Waals surface area contributed by atoms with E-state index in [1.807, 2.05) is 0 Å². The van der Waals surface area contributed by atoms with Crippen LogP contribution in [0.4, 0.5) is 0 Å². The normalized spacial score (nSPS) is 11.6. The molecule has 0 bridgehead atoms. The lowest BCUT2D eigenvalue weighted by molar-refractivity contribution is -0.115. The molecule has 0 unspecified atom stereocenters. The van der Waals surface area contributed by atoms with E-state index in [0.29, 0.717) is 5.56 Å². The first-order valence-corrected chi connectivity index (χ1v) is 8.00. The number of primary amides is 1. The number of sulfone groups is 1. The first-order chi connectivity index (χ1) is 8.91. The van der Waals surface area contributed by atoms with E-state index in [0.717, 1.165) is 11.8 Å². The topological polar surface area (TPSA) is 94.3 Å². The first kappa shape index (κ1) is 15.5. The molecule has 0 aliphatic carbocycles. The van der Waals surface area contributed by atoms with Gasteiger partial charge in [0, 0.05) is 5.56 Å². The monoisotopic (exact) mass is 299 g/mol. The number of carbonyl (C=O) groups is 2. The summed E-state index contributed by atoms with van der Waals surface area (Å²) in [5.74, 6) is -1.89. The third kappa shape index (κ3) is 6.21. The van der Waals surface area contributed by atoms with Gasteiger partial charge in [0.25, 0.3) is 0 Å². The fourth-order valence-electron chi connectivity index (χ4n) is 1.21. The minimum atomic E-state index is -3.53. The second-order valence-electron chi connectivity index (χ2n) is 3.66. The van der Waals surface area contributed by atoms with Crippen LogP contribution in [0.5, 0.6) is 0 Å². The molecule has 1 rings (SSSR count). The molecule has 0 aliphatic heterocycles. The molecule has 0 fully saturated rings. The van der Waals surface area contributed by atoms with Gasteiger partial charge in [-0.05, 0) is 5.41 Å². The lowest BCUT2D eigenvalue weighted by Gasteiger charge is -1.97. The van der Waals surface area contributed by atoms with Crippen molar-refractivity contribution in [2.45, 2.75) is 0 Å². The maximum atomic E-state index is 11.6. The van der Waals surface area contributed by atoms with E-state index in [4.69, 9.17) is 5.73 Å². The van der Waals surface area contributed by atoms with E-state index < -0.39 is 21.5 Å². The Labute approximate surface area is 115 Å². The van der Waals surface area contributed by atoms with Crippen LogP contribution in [0.15, 0.2) is 41.8 Å². The van der Waals surface area contributed by atoms with Gasteiger partial charge < -0.3 is 5.73 Å². The highest BCUT2D eigenvalue weighted by atomic mass is 32.2. The van der Waals surface area contributed by atoms with Crippen molar-refractivity contribution in [2.24, 2.45) is 5.73 Å². The summed E-state index contributed by atoms with van der Waals surface area (Å²) in [4.78, 5) is 22.1. The molecule has 0 radical (unpaired) electrons. The van der Waals surface area contributed by atoms with Gasteiger partial charge in [0.1, 0.15) is 5.75 Å². The lowest BCUT2D eigenvalue weighted by Crippen LogP contribution is -2.24. The fourth-order valence-corrected chi connectivity index (χ4v) is 2.86. The molecular formula is C12H13NO4S2. The van der Waals surface area contributed by atoms with E-state index in [1.165, 1.54) is 11.5 Å². The lowest BCUT2D eigenvalue weighted by atomic mass is 10.2. The van der Waals surface area contributed by atoms with E-state index in [-0.39, 0.29) is 10.9 Å². The number of nitrogens with two attached hydrogens (primary N) is 1. The Morgan fingerprint density at radius 1 is 1.21 bits per heavy atom. The number of hydrogen-bond acceptors (Lipinski definition) is 5. The molecular weight excluding hydrogens is 286 g/mol. The van der Waals surface area contributed by atoms with Gasteiger partial charge in [-0.1, -0.05) is 48.2 Å². The summed E-state index contributed by atoms with van der Waals surface area (Å²) in [6.07, 6.45) is 1.32. The van der Waals surface area contributed by atoms with Crippen molar-refractivity contribution in [1.29, 1.82) is 0 Å². The van der Waals surface area contributed by atoms with Crippen LogP contribution in [0.3, 0.4) is 0 Å². The highest BCUT2D eigenvalue weighted by molar-refractivity contribution is 8.16. The number of hydrogen-bond donors (Lipinski definition) is 1. The van der Waals surface area contributed by atoms with Crippen molar-refractivity contribution in [3.63, 3.8) is 0 Å². The Hall–Kier alpha value is -1.60. The van der Waals surface area contributed by atoms with Crippen molar-refractivity contribution in [3.05, 3.63) is 47.4 Å². The summed E-state index contributed by atoms with van der Waals surface area (Å²) in [6, 6.07) is 8.64. The van der Waals surface area contributed by atoms with E-state index in [1.54, 1.807) is 30.3 Å². The molecule has 102 valence electrons. The van der Waals surface area contributed by atoms with Gasteiger partial charge in [-0.2, -0.15) is 0 Å². The Balaban J connectivity index is 2.47. The van der Waals surface area contributed by atoms with Crippen LogP contribution in [-0.4, -0.2) is 30.9 Å². The van der Waals surface area contributed by atoms with Crippen LogP contribution in [-0.2, 0) is 14.6 Å². The third-order valence-electron chi connectivity index (χ3n) is 1.99. The van der Waals surface area contributed by atoms with Gasteiger partial charge in [0.05, 0.1) is 5.75 Å². The molecule has 0 aromatic heterocycles. The maximum Gasteiger partial charge on any atom is 0.232 e. The third-order valence-corrected chi connectivity index (χ3v) is 4.20. The molecule has 0 saturated heterocycles. The highest BCUT2D eigenvalue weighted by Gasteiger charge is 2.12. The zero-order valence-electron chi connectivity index (χ0n) is 9.98. The van der Waals surface area contributed by atoms with Crippen molar-refractivity contribution in [3.8, 4) is 0 Å². The number of benzene rings is 1. The van der Waals surface area contributed by atoms with Gasteiger partial charge in [0.2, 0.25) is 11.0 Å². The summed E-state index contributed by atoms with van der Waals surface area (Å²) in [7, 11) is -3.53. The maximum absolute atomic E-state index is 11.6. The minimum absolute atomic E-state index is 0.177. The van der Waals surface area contributed by atoms with Crippen LogP contribution >= 0.6 is 11.8 Å². The zero-order chi connectivity index (χ0) is 14.3. The molecule has 19 heavy (non-hydrogen) atoms. The number of thioether (sulfide) groups is 1. The summed E-state index contributed by atoms with van der Waals surface area (Å²) < 4.78 is 22.6. The molecule has 2 N–H and O–H groups in total. The Morgan fingerprint density at radius 3 is 2.42 bits per heavy atom. The fraction of sp³-hybridized carbons (Fsp3) is 0.167. The largest absolute Gasteiger partial charge is 0.369 e. The smallest absolute Gasteiger partial charge is 0.232 e. The Kier molecular flexibility index (Phi) is 5.78. The number of amides is 1. The van der Waals surface area contributed by atoms with Gasteiger partial charge in [-0.25, -0.2) is 8.42 Å². The standard InChI is InChI=1S/C12H13NO4S2/c13-11(14)9-19(16,17)8-4-7-18-12(15)10-5-2-1-3-6-10/h1-7H,8-9H2,(H2,13,14)/b7-4-. The van der Waals surface area contributed by atoms with Crippen LogP contribution in [0.1, 0.15) is 10.4 Å². The van der Waals surface area contributed by atoms with Crippen molar-refractivity contribution < 1.29 is 18.0 Å². The molecule has 0 aliphatic rings. The van der Waals surface area contributed by atoms with Crippen LogP contribution in [0.2, 0.25) is 0 Å². The zero-order valence-corrected chi connectivity index (χ0v) is 11.6. The second kappa shape index (κ2) is 7.10. The minimum Gasteiger partial charge on any atom is -0.369 e. The number of carbonyl (C=O) groups excluding carboxylic acids is 2. The molecule has 1 aromatic rings. The van der Waals surface area contributed by atoms with Crippen molar-refractivity contribution >= 4 is 32.6 Å². The molecule has 0 saturated carbocycles. The average Bonchev–Trinajstić information content (AvgIpc) is 2.34. The molecule has 0 spiro atoms. The Morgan fingerprint density at radius 2 is 1.84 bits per heavy atom. The molecule has 0 atom stereocenters. The number of rotatable bonds is 6. The SMILES string of the molecule is NC(=O)CS(=O)(=O)C/C=C\SC(=O)c1ccccc1. The van der Waals surface area contributed by atoms with E-state index >= 15 is 0 Å².